The molecule has 0 atom stereocenters. The SMILES string of the molecule is O=C(O)CN1CCCN(C(=O)c2ccc(Br)cc2)CC1. The standard InChI is InChI=1S/C14H17BrN2O3/c15-12-4-2-11(3-5-12)14(20)17-7-1-6-16(8-9-17)10-13(18)19/h2-5H,1,6-10H2,(H,18,19). The molecule has 0 unspecified atom stereocenters. The predicted octanol–water partition coefficient (Wildman–Crippen LogP) is 1.68. The molecule has 0 spiro atoms. The summed E-state index contributed by atoms with van der Waals surface area (Å²) in [5.41, 5.74) is 0.667. The first-order valence-corrected chi connectivity index (χ1v) is 7.34. The molecule has 1 aliphatic rings. The molecule has 0 radical (unpaired) electrons. The smallest absolute Gasteiger partial charge is 0.317 e. The molecule has 1 fully saturated rings. The van der Waals surface area contributed by atoms with Gasteiger partial charge in [-0.25, -0.2) is 0 Å². The van der Waals surface area contributed by atoms with E-state index in [1.165, 1.54) is 0 Å². The van der Waals surface area contributed by atoms with Crippen molar-refractivity contribution in [3.63, 3.8) is 0 Å². The lowest BCUT2D eigenvalue weighted by Crippen LogP contribution is -2.36. The van der Waals surface area contributed by atoms with Crippen LogP contribution in [0.2, 0.25) is 0 Å². The lowest BCUT2D eigenvalue weighted by molar-refractivity contribution is -0.138. The zero-order valence-corrected chi connectivity index (χ0v) is 12.7. The van der Waals surface area contributed by atoms with Crippen LogP contribution in [0.3, 0.4) is 0 Å². The van der Waals surface area contributed by atoms with E-state index >= 15 is 0 Å². The summed E-state index contributed by atoms with van der Waals surface area (Å²) in [6.45, 7) is 2.61. The molecule has 1 aromatic rings. The summed E-state index contributed by atoms with van der Waals surface area (Å²) in [4.78, 5) is 26.8. The molecular weight excluding hydrogens is 324 g/mol. The second kappa shape index (κ2) is 6.85. The number of carbonyl (C=O) groups excluding carboxylic acids is 1. The summed E-state index contributed by atoms with van der Waals surface area (Å²) in [6.07, 6.45) is 0.801. The summed E-state index contributed by atoms with van der Waals surface area (Å²) in [5.74, 6) is -0.813. The average Bonchev–Trinajstić information content (AvgIpc) is 2.64. The van der Waals surface area contributed by atoms with E-state index in [-0.39, 0.29) is 12.5 Å². The lowest BCUT2D eigenvalue weighted by Gasteiger charge is -2.21. The van der Waals surface area contributed by atoms with Gasteiger partial charge in [-0.15, -0.1) is 0 Å². The quantitative estimate of drug-likeness (QED) is 0.909. The second-order valence-electron chi connectivity index (χ2n) is 4.82. The number of amides is 1. The maximum atomic E-state index is 12.4. The van der Waals surface area contributed by atoms with E-state index in [2.05, 4.69) is 15.9 Å². The number of nitrogens with zero attached hydrogens (tertiary/aromatic N) is 2. The van der Waals surface area contributed by atoms with Crippen LogP contribution in [-0.4, -0.2) is 59.5 Å². The van der Waals surface area contributed by atoms with Crippen molar-refractivity contribution >= 4 is 27.8 Å². The van der Waals surface area contributed by atoms with Crippen LogP contribution >= 0.6 is 15.9 Å². The van der Waals surface area contributed by atoms with Gasteiger partial charge in [-0.3, -0.25) is 14.5 Å². The van der Waals surface area contributed by atoms with Gasteiger partial charge in [0.15, 0.2) is 0 Å². The van der Waals surface area contributed by atoms with E-state index in [9.17, 15) is 9.59 Å². The molecule has 1 saturated heterocycles. The van der Waals surface area contributed by atoms with Crippen molar-refractivity contribution in [2.75, 3.05) is 32.7 Å². The van der Waals surface area contributed by atoms with Gasteiger partial charge >= 0.3 is 5.97 Å². The highest BCUT2D eigenvalue weighted by molar-refractivity contribution is 9.10. The van der Waals surface area contributed by atoms with Crippen molar-refractivity contribution in [3.8, 4) is 0 Å². The van der Waals surface area contributed by atoms with Gasteiger partial charge in [0.05, 0.1) is 6.54 Å². The summed E-state index contributed by atoms with van der Waals surface area (Å²) in [6, 6.07) is 7.29. The van der Waals surface area contributed by atoms with Crippen molar-refractivity contribution in [2.45, 2.75) is 6.42 Å². The lowest BCUT2D eigenvalue weighted by atomic mass is 10.2. The number of aliphatic carboxylic acids is 1. The zero-order chi connectivity index (χ0) is 14.5. The Balaban J connectivity index is 1.97. The number of rotatable bonds is 3. The molecule has 1 amide bonds. The van der Waals surface area contributed by atoms with E-state index in [1.54, 1.807) is 17.0 Å². The molecule has 20 heavy (non-hydrogen) atoms. The van der Waals surface area contributed by atoms with Crippen molar-refractivity contribution in [1.29, 1.82) is 0 Å². The van der Waals surface area contributed by atoms with Gasteiger partial charge in [0.25, 0.3) is 5.91 Å². The molecule has 6 heteroatoms. The average molecular weight is 341 g/mol. The third-order valence-electron chi connectivity index (χ3n) is 3.33. The first-order valence-electron chi connectivity index (χ1n) is 6.55. The minimum Gasteiger partial charge on any atom is -0.480 e. The number of carbonyl (C=O) groups is 2. The Hall–Kier alpha value is -1.40. The third kappa shape index (κ3) is 4.05. The molecule has 1 heterocycles. The number of carboxylic acid groups (broad SMARTS) is 1. The summed E-state index contributed by atoms with van der Waals surface area (Å²) in [7, 11) is 0. The van der Waals surface area contributed by atoms with Gasteiger partial charge in [-0.1, -0.05) is 15.9 Å². The Kier molecular flexibility index (Phi) is 5.14. The van der Waals surface area contributed by atoms with Gasteiger partial charge in [-0.2, -0.15) is 0 Å². The molecule has 0 saturated carbocycles. The van der Waals surface area contributed by atoms with Crippen molar-refractivity contribution in [3.05, 3.63) is 34.3 Å². The van der Waals surface area contributed by atoms with Gasteiger partial charge in [0, 0.05) is 36.2 Å². The Morgan fingerprint density at radius 1 is 1.10 bits per heavy atom. The first kappa shape index (κ1) is 15.0. The Morgan fingerprint density at radius 2 is 1.80 bits per heavy atom. The number of hydrogen-bond donors (Lipinski definition) is 1. The highest BCUT2D eigenvalue weighted by atomic mass is 79.9. The van der Waals surface area contributed by atoms with Crippen LogP contribution in [0.15, 0.2) is 28.7 Å². The van der Waals surface area contributed by atoms with Gasteiger partial charge < -0.3 is 10.0 Å². The Labute approximate surface area is 126 Å². The highest BCUT2D eigenvalue weighted by Crippen LogP contribution is 2.13. The van der Waals surface area contributed by atoms with Crippen LogP contribution in [0.4, 0.5) is 0 Å². The Morgan fingerprint density at radius 3 is 2.45 bits per heavy atom. The highest BCUT2D eigenvalue weighted by Gasteiger charge is 2.21. The summed E-state index contributed by atoms with van der Waals surface area (Å²) >= 11 is 3.35. The van der Waals surface area contributed by atoms with Crippen LogP contribution in [0.5, 0.6) is 0 Å². The maximum absolute atomic E-state index is 12.4. The van der Waals surface area contributed by atoms with Crippen LogP contribution in [-0.2, 0) is 4.79 Å². The molecule has 1 aliphatic heterocycles. The fourth-order valence-electron chi connectivity index (χ4n) is 2.30. The second-order valence-corrected chi connectivity index (χ2v) is 5.74. The zero-order valence-electron chi connectivity index (χ0n) is 11.1. The first-order chi connectivity index (χ1) is 9.56. The third-order valence-corrected chi connectivity index (χ3v) is 3.85. The van der Waals surface area contributed by atoms with Crippen LogP contribution < -0.4 is 0 Å². The van der Waals surface area contributed by atoms with Crippen molar-refractivity contribution < 1.29 is 14.7 Å². The molecule has 1 N–H and O–H groups in total. The molecule has 0 aromatic heterocycles. The van der Waals surface area contributed by atoms with E-state index in [0.29, 0.717) is 25.2 Å². The van der Waals surface area contributed by atoms with Crippen molar-refractivity contribution in [2.24, 2.45) is 0 Å². The minimum absolute atomic E-state index is 0.00896. The van der Waals surface area contributed by atoms with E-state index in [0.717, 1.165) is 17.4 Å². The molecule has 2 rings (SSSR count). The molecular formula is C14H17BrN2O3. The summed E-state index contributed by atoms with van der Waals surface area (Å²) in [5, 5.41) is 8.81. The fraction of sp³-hybridized carbons (Fsp3) is 0.429. The van der Waals surface area contributed by atoms with Crippen LogP contribution in [0.25, 0.3) is 0 Å². The molecule has 5 nitrogen and oxygen atoms in total. The van der Waals surface area contributed by atoms with Crippen LogP contribution in [0.1, 0.15) is 16.8 Å². The normalized spacial score (nSPS) is 16.8. The molecule has 0 bridgehead atoms. The summed E-state index contributed by atoms with van der Waals surface area (Å²) < 4.78 is 0.942. The topological polar surface area (TPSA) is 60.9 Å². The Bertz CT molecular complexity index is 490. The fourth-order valence-corrected chi connectivity index (χ4v) is 2.56. The maximum Gasteiger partial charge on any atom is 0.317 e. The largest absolute Gasteiger partial charge is 0.480 e. The molecule has 1 aromatic carbocycles. The van der Waals surface area contributed by atoms with Gasteiger partial charge in [-0.05, 0) is 30.7 Å². The number of carboxylic acids is 1. The monoisotopic (exact) mass is 340 g/mol. The van der Waals surface area contributed by atoms with Gasteiger partial charge in [0.1, 0.15) is 0 Å². The number of halogens is 1. The van der Waals surface area contributed by atoms with Crippen LogP contribution in [0, 0.1) is 0 Å². The van der Waals surface area contributed by atoms with E-state index in [4.69, 9.17) is 5.11 Å². The van der Waals surface area contributed by atoms with E-state index < -0.39 is 5.97 Å². The van der Waals surface area contributed by atoms with Gasteiger partial charge in [0.2, 0.25) is 0 Å². The molecule has 108 valence electrons. The number of hydrogen-bond acceptors (Lipinski definition) is 3. The van der Waals surface area contributed by atoms with Crippen molar-refractivity contribution in [1.82, 2.24) is 9.80 Å². The minimum atomic E-state index is -0.822. The predicted molar refractivity (Wildman–Crippen MR) is 78.7 cm³/mol. The number of benzene rings is 1. The molecule has 0 aliphatic carbocycles. The van der Waals surface area contributed by atoms with E-state index in [1.807, 2.05) is 17.0 Å².